The normalized spacial score (nSPS) is 11.8. The summed E-state index contributed by atoms with van der Waals surface area (Å²) in [5.74, 6) is 0. The van der Waals surface area contributed by atoms with Gasteiger partial charge in [-0.15, -0.1) is 0 Å². The highest BCUT2D eigenvalue weighted by atomic mass is 16.6. The average Bonchev–Trinajstić information content (AvgIpc) is 3.05. The molecule has 0 aliphatic carbocycles. The first-order valence-corrected chi connectivity index (χ1v) is 17.7. The van der Waals surface area contributed by atoms with Crippen LogP contribution in [-0.2, 0) is 56.8 Å². The second-order valence-corrected chi connectivity index (χ2v) is 11.7. The van der Waals surface area contributed by atoms with Gasteiger partial charge in [0.2, 0.25) is 0 Å². The van der Waals surface area contributed by atoms with Gasteiger partial charge < -0.3 is 61.7 Å². The highest BCUT2D eigenvalue weighted by Crippen LogP contribution is 2.08. The molecule has 0 aromatic rings. The summed E-state index contributed by atoms with van der Waals surface area (Å²) in [5.41, 5.74) is -0.509. The minimum absolute atomic E-state index is 0.363. The Morgan fingerprint density at radius 1 is 0.417 bits per heavy atom. The van der Waals surface area contributed by atoms with Gasteiger partial charge in [0, 0.05) is 20.2 Å². The zero-order chi connectivity index (χ0) is 35.2. The van der Waals surface area contributed by atoms with Gasteiger partial charge in [0.05, 0.1) is 139 Å². The van der Waals surface area contributed by atoms with E-state index in [9.17, 15) is 4.79 Å². The summed E-state index contributed by atoms with van der Waals surface area (Å²) in [6, 6.07) is 0. The van der Waals surface area contributed by atoms with E-state index in [-0.39, 0.29) is 6.09 Å². The lowest BCUT2D eigenvalue weighted by Crippen LogP contribution is -2.36. The van der Waals surface area contributed by atoms with E-state index in [1.165, 1.54) is 24.2 Å². The number of carbonyl (C=O) groups excluding carboxylic acids is 1. The molecular weight excluding hydrogens is 630 g/mol. The first-order chi connectivity index (χ1) is 23.4. The lowest BCUT2D eigenvalue weighted by atomic mass is 10.2. The molecule has 0 aromatic heterocycles. The van der Waals surface area contributed by atoms with Gasteiger partial charge in [-0.1, -0.05) is 26.2 Å². The molecule has 14 nitrogen and oxygen atoms in total. The molecule has 1 amide bonds. The fourth-order valence-electron chi connectivity index (χ4n) is 3.56. The van der Waals surface area contributed by atoms with Crippen LogP contribution in [0.3, 0.4) is 0 Å². The zero-order valence-electron chi connectivity index (χ0n) is 30.8. The number of rotatable bonds is 38. The van der Waals surface area contributed by atoms with Crippen molar-refractivity contribution >= 4 is 6.09 Å². The van der Waals surface area contributed by atoms with E-state index in [0.29, 0.717) is 145 Å². The Hall–Kier alpha value is -1.17. The van der Waals surface area contributed by atoms with Crippen molar-refractivity contribution in [1.29, 1.82) is 0 Å². The molecule has 0 rings (SSSR count). The maximum absolute atomic E-state index is 11.9. The van der Waals surface area contributed by atoms with Crippen LogP contribution in [0.2, 0.25) is 0 Å². The minimum Gasteiger partial charge on any atom is -0.444 e. The van der Waals surface area contributed by atoms with E-state index >= 15 is 0 Å². The number of hydrogen-bond donors (Lipinski definition) is 0. The molecule has 0 atom stereocenters. The van der Waals surface area contributed by atoms with Gasteiger partial charge in [-0.05, 0) is 27.2 Å². The first-order valence-electron chi connectivity index (χ1n) is 17.7. The number of amides is 1. The summed E-state index contributed by atoms with van der Waals surface area (Å²) in [5, 5.41) is 0. The average molecular weight is 700 g/mol. The summed E-state index contributed by atoms with van der Waals surface area (Å²) in [6.07, 6.45) is 4.52. The van der Waals surface area contributed by atoms with Crippen LogP contribution in [0.4, 0.5) is 4.79 Å². The SMILES string of the molecule is CCCCCCOCCOCCOCCOCCOCCOCCOCCOCCOCCOCCOCCN(C)C(=O)OC(C)(C)C. The van der Waals surface area contributed by atoms with Crippen molar-refractivity contribution in [2.24, 2.45) is 0 Å². The van der Waals surface area contributed by atoms with Crippen molar-refractivity contribution in [1.82, 2.24) is 4.90 Å². The van der Waals surface area contributed by atoms with Gasteiger partial charge in [-0.25, -0.2) is 4.79 Å². The molecule has 0 aromatic carbocycles. The van der Waals surface area contributed by atoms with Crippen LogP contribution >= 0.6 is 0 Å². The van der Waals surface area contributed by atoms with Crippen molar-refractivity contribution in [3.63, 3.8) is 0 Å². The molecule has 288 valence electrons. The summed E-state index contributed by atoms with van der Waals surface area (Å²) in [7, 11) is 1.68. The van der Waals surface area contributed by atoms with Crippen LogP contribution in [0.5, 0.6) is 0 Å². The van der Waals surface area contributed by atoms with E-state index in [1.54, 1.807) is 7.05 Å². The number of nitrogens with zero attached hydrogens (tertiary/aromatic N) is 1. The van der Waals surface area contributed by atoms with Gasteiger partial charge in [0.25, 0.3) is 0 Å². The number of unbranched alkanes of at least 4 members (excludes halogenated alkanes) is 3. The van der Waals surface area contributed by atoms with Gasteiger partial charge >= 0.3 is 6.09 Å². The molecule has 0 aliphatic heterocycles. The molecule has 0 heterocycles. The third-order valence-corrected chi connectivity index (χ3v) is 6.14. The van der Waals surface area contributed by atoms with E-state index in [1.807, 2.05) is 20.8 Å². The fraction of sp³-hybridized carbons (Fsp3) is 0.971. The van der Waals surface area contributed by atoms with Crippen LogP contribution in [0.1, 0.15) is 53.4 Å². The van der Waals surface area contributed by atoms with Gasteiger partial charge in [0.15, 0.2) is 0 Å². The number of carbonyl (C=O) groups is 1. The predicted molar refractivity (Wildman–Crippen MR) is 182 cm³/mol. The highest BCUT2D eigenvalue weighted by Gasteiger charge is 2.19. The van der Waals surface area contributed by atoms with E-state index in [0.717, 1.165) is 13.0 Å². The summed E-state index contributed by atoms with van der Waals surface area (Å²) >= 11 is 0. The number of ether oxygens (including phenoxy) is 12. The predicted octanol–water partition coefficient (Wildman–Crippen LogP) is 3.62. The molecule has 0 saturated heterocycles. The quantitative estimate of drug-likeness (QED) is 0.0871. The third-order valence-electron chi connectivity index (χ3n) is 6.14. The fourth-order valence-corrected chi connectivity index (χ4v) is 3.56. The minimum atomic E-state index is -0.509. The molecule has 14 heteroatoms. The van der Waals surface area contributed by atoms with Crippen LogP contribution < -0.4 is 0 Å². The Labute approximate surface area is 290 Å². The summed E-state index contributed by atoms with van der Waals surface area (Å²) in [6.45, 7) is 19.7. The second-order valence-electron chi connectivity index (χ2n) is 11.7. The maximum Gasteiger partial charge on any atom is 0.410 e. The molecule has 0 radical (unpaired) electrons. The summed E-state index contributed by atoms with van der Waals surface area (Å²) in [4.78, 5) is 13.3. The number of likely N-dealkylation sites (N-methyl/N-ethyl adjacent to an activating group) is 1. The van der Waals surface area contributed by atoms with Crippen molar-refractivity contribution in [2.45, 2.75) is 59.0 Å². The van der Waals surface area contributed by atoms with Crippen molar-refractivity contribution in [2.75, 3.05) is 159 Å². The smallest absolute Gasteiger partial charge is 0.410 e. The molecule has 0 saturated carbocycles. The highest BCUT2D eigenvalue weighted by molar-refractivity contribution is 5.67. The molecule has 0 unspecified atom stereocenters. The molecule has 0 N–H and O–H groups in total. The van der Waals surface area contributed by atoms with Gasteiger partial charge in [-0.3, -0.25) is 0 Å². The lowest BCUT2D eigenvalue weighted by molar-refractivity contribution is -0.0277. The lowest BCUT2D eigenvalue weighted by Gasteiger charge is -2.24. The summed E-state index contributed by atoms with van der Waals surface area (Å²) < 4.78 is 65.6. The van der Waals surface area contributed by atoms with E-state index in [2.05, 4.69) is 6.92 Å². The maximum atomic E-state index is 11.9. The Balaban J connectivity index is 3.13. The van der Waals surface area contributed by atoms with Crippen molar-refractivity contribution in [3.8, 4) is 0 Å². The topological polar surface area (TPSA) is 131 Å². The largest absolute Gasteiger partial charge is 0.444 e. The Bertz CT molecular complexity index is 655. The number of hydrogen-bond acceptors (Lipinski definition) is 13. The van der Waals surface area contributed by atoms with Gasteiger partial charge in [0.1, 0.15) is 5.60 Å². The molecule has 0 bridgehead atoms. The first kappa shape index (κ1) is 46.8. The Kier molecular flexibility index (Phi) is 36.2. The molecular formula is C34H69NO13. The standard InChI is InChI=1S/C34H69NO13/c1-6-7-8-9-11-37-13-15-39-17-19-41-21-23-43-25-27-45-29-31-47-32-30-46-28-26-44-24-22-42-20-18-40-16-14-38-12-10-35(5)33(36)48-34(2,3)4/h6-32H2,1-5H3. The monoisotopic (exact) mass is 699 g/mol. The molecule has 48 heavy (non-hydrogen) atoms. The van der Waals surface area contributed by atoms with Crippen LogP contribution in [0, 0.1) is 0 Å². The second kappa shape index (κ2) is 37.1. The molecule has 0 fully saturated rings. The van der Waals surface area contributed by atoms with Crippen LogP contribution in [0.25, 0.3) is 0 Å². The van der Waals surface area contributed by atoms with E-state index < -0.39 is 5.60 Å². The Morgan fingerprint density at radius 3 is 0.958 bits per heavy atom. The zero-order valence-corrected chi connectivity index (χ0v) is 30.8. The van der Waals surface area contributed by atoms with Gasteiger partial charge in [-0.2, -0.15) is 0 Å². The third kappa shape index (κ3) is 39.3. The van der Waals surface area contributed by atoms with E-state index in [4.69, 9.17) is 56.8 Å². The van der Waals surface area contributed by atoms with Crippen molar-refractivity contribution < 1.29 is 61.6 Å². The molecule has 0 spiro atoms. The Morgan fingerprint density at radius 2 is 0.688 bits per heavy atom. The van der Waals surface area contributed by atoms with Crippen molar-refractivity contribution in [3.05, 3.63) is 0 Å². The van der Waals surface area contributed by atoms with Crippen LogP contribution in [-0.4, -0.2) is 176 Å². The van der Waals surface area contributed by atoms with Crippen LogP contribution in [0.15, 0.2) is 0 Å². The molecule has 0 aliphatic rings.